The Morgan fingerprint density at radius 3 is 2.71 bits per heavy atom. The van der Waals surface area contributed by atoms with Gasteiger partial charge in [0.05, 0.1) is 6.54 Å². The van der Waals surface area contributed by atoms with Crippen molar-refractivity contribution in [1.29, 1.82) is 0 Å². The topological polar surface area (TPSA) is 155 Å². The van der Waals surface area contributed by atoms with Crippen LogP contribution < -0.4 is 34.9 Å². The van der Waals surface area contributed by atoms with Crippen molar-refractivity contribution >= 4 is 33.7 Å². The molecule has 1 aliphatic rings. The van der Waals surface area contributed by atoms with Gasteiger partial charge in [0.25, 0.3) is 5.91 Å². The van der Waals surface area contributed by atoms with Crippen molar-refractivity contribution < 1.29 is 52.1 Å². The van der Waals surface area contributed by atoms with Gasteiger partial charge in [-0.25, -0.2) is 12.7 Å². The second-order valence-electron chi connectivity index (χ2n) is 4.55. The van der Waals surface area contributed by atoms with E-state index < -0.39 is 40.7 Å². The number of nitrogens with one attached hydrogen (secondary N) is 1. The molecule has 0 bridgehead atoms. The van der Waals surface area contributed by atoms with Gasteiger partial charge in [0.2, 0.25) is 5.91 Å². The van der Waals surface area contributed by atoms with E-state index in [0.29, 0.717) is 10.6 Å². The number of carbonyl (C=O) groups is 2. The molecule has 1 aromatic carbocycles. The second kappa shape index (κ2) is 8.17. The average Bonchev–Trinajstić information content (AvgIpc) is 2.46. The molecule has 1 aliphatic heterocycles. The summed E-state index contributed by atoms with van der Waals surface area (Å²) in [4.78, 5) is 26.2. The third kappa shape index (κ3) is 4.61. The van der Waals surface area contributed by atoms with Gasteiger partial charge < -0.3 is 9.87 Å². The van der Waals surface area contributed by atoms with E-state index in [-0.39, 0.29) is 33.9 Å². The Labute approximate surface area is 163 Å². The minimum Gasteiger partial charge on any atom is -0.731 e. The van der Waals surface area contributed by atoms with Gasteiger partial charge in [-0.3, -0.25) is 9.59 Å². The first-order valence-corrected chi connectivity index (χ1v) is 7.86. The third-order valence-electron chi connectivity index (χ3n) is 3.06. The Hall–Kier alpha value is -1.33. The maximum Gasteiger partial charge on any atom is 1.00 e. The second-order valence-corrected chi connectivity index (χ2v) is 6.28. The fraction of sp³-hybridized carbons (Fsp3) is 0.273. The van der Waals surface area contributed by atoms with Crippen molar-refractivity contribution in [3.63, 3.8) is 0 Å². The van der Waals surface area contributed by atoms with Gasteiger partial charge in [-0.2, -0.15) is 0 Å². The van der Waals surface area contributed by atoms with Crippen molar-refractivity contribution in [2.45, 2.75) is 12.1 Å². The summed E-state index contributed by atoms with van der Waals surface area (Å²) in [5, 5.41) is 5.89. The number of β-lactam (4-membered cyclic amide) rings is 1. The molecule has 2 atom stereocenters. The van der Waals surface area contributed by atoms with E-state index >= 15 is 0 Å². The molecule has 0 aliphatic carbocycles. The summed E-state index contributed by atoms with van der Waals surface area (Å²) in [7, 11) is -4.89. The predicted octanol–water partition coefficient (Wildman–Crippen LogP) is -2.52. The summed E-state index contributed by atoms with van der Waals surface area (Å²) in [6.07, 6.45) is 0. The molecule has 1 fully saturated rings. The first kappa shape index (κ1) is 20.7. The number of hydrogen-bond donors (Lipinski definition) is 1. The molecule has 0 spiro atoms. The maximum absolute atomic E-state index is 12.1. The van der Waals surface area contributed by atoms with Crippen molar-refractivity contribution in [2.75, 3.05) is 6.54 Å². The molecule has 24 heavy (non-hydrogen) atoms. The van der Waals surface area contributed by atoms with E-state index in [1.165, 1.54) is 12.1 Å². The van der Waals surface area contributed by atoms with Gasteiger partial charge in [0.15, 0.2) is 10.3 Å². The molecule has 1 heterocycles. The number of rotatable bonds is 5. The van der Waals surface area contributed by atoms with Crippen LogP contribution in [0, 0.1) is 0 Å². The smallest absolute Gasteiger partial charge is 0.731 e. The Balaban J connectivity index is 0.00000288. The Kier molecular flexibility index (Phi) is 7.05. The number of carbonyl (C=O) groups excluding carboxylic acids is 2. The van der Waals surface area contributed by atoms with Gasteiger partial charge in [-0.1, -0.05) is 28.8 Å². The quantitative estimate of drug-likeness (QED) is 0.149. The van der Waals surface area contributed by atoms with Gasteiger partial charge in [0, 0.05) is 9.93 Å². The number of hydrogen-bond acceptors (Lipinski definition) is 6. The monoisotopic (exact) mass is 381 g/mol. The molecule has 13 heteroatoms. The zero-order chi connectivity index (χ0) is 17.2. The van der Waals surface area contributed by atoms with E-state index in [1.807, 2.05) is 0 Å². The zero-order valence-corrected chi connectivity index (χ0v) is 15.9. The van der Waals surface area contributed by atoms with Gasteiger partial charge in [0.1, 0.15) is 12.1 Å². The van der Waals surface area contributed by atoms with Crippen LogP contribution in [0.2, 0.25) is 5.02 Å². The standard InChI is InChI=1S/C11H10ClN5O5S.Na/c12-7-3-1-2-6(4-7)9(15-16-13)10(18)14-8-5-17(11(8)19)23(20,21)22;/h1-4,8-9H,5H2,(H,14,18)(H,20,21,22);/q;+1/p-1. The Morgan fingerprint density at radius 1 is 1.54 bits per heavy atom. The molecule has 1 N–H and O–H groups in total. The van der Waals surface area contributed by atoms with E-state index in [4.69, 9.17) is 17.1 Å². The van der Waals surface area contributed by atoms with E-state index in [0.717, 1.165) is 0 Å². The van der Waals surface area contributed by atoms with E-state index in [1.54, 1.807) is 12.1 Å². The molecule has 1 aromatic rings. The summed E-state index contributed by atoms with van der Waals surface area (Å²) in [5.41, 5.74) is 8.87. The number of nitrogens with zero attached hydrogens (tertiary/aromatic N) is 4. The molecule has 0 radical (unpaired) electrons. The van der Waals surface area contributed by atoms with Crippen LogP contribution in [0.3, 0.4) is 0 Å². The summed E-state index contributed by atoms with van der Waals surface area (Å²) in [6.45, 7) is -0.463. The Morgan fingerprint density at radius 2 is 2.21 bits per heavy atom. The summed E-state index contributed by atoms with van der Waals surface area (Å²) in [5.74, 6) is -1.86. The van der Waals surface area contributed by atoms with Crippen LogP contribution in [0.25, 0.3) is 10.4 Å². The third-order valence-corrected chi connectivity index (χ3v) is 4.16. The van der Waals surface area contributed by atoms with Crippen molar-refractivity contribution in [1.82, 2.24) is 9.62 Å². The van der Waals surface area contributed by atoms with Crippen molar-refractivity contribution in [2.24, 2.45) is 5.11 Å². The fourth-order valence-corrected chi connectivity index (χ4v) is 2.83. The molecule has 2 rings (SSSR count). The average molecular weight is 382 g/mol. The van der Waals surface area contributed by atoms with Gasteiger partial charge >= 0.3 is 29.6 Å². The number of halogens is 1. The minimum atomic E-state index is -4.89. The number of azide groups is 1. The van der Waals surface area contributed by atoms with E-state index in [9.17, 15) is 22.6 Å². The first-order valence-electron chi connectivity index (χ1n) is 6.11. The normalized spacial score (nSPS) is 17.8. The zero-order valence-electron chi connectivity index (χ0n) is 12.3. The molecule has 1 saturated heterocycles. The number of benzene rings is 1. The Bertz CT molecular complexity index is 813. The van der Waals surface area contributed by atoms with Gasteiger partial charge in [-0.05, 0) is 23.2 Å². The maximum atomic E-state index is 12.1. The molecular formula is C11H9ClN5NaO5S. The van der Waals surface area contributed by atoms with Crippen LogP contribution in [0.15, 0.2) is 29.4 Å². The summed E-state index contributed by atoms with van der Waals surface area (Å²) in [6, 6.07) is 3.57. The summed E-state index contributed by atoms with van der Waals surface area (Å²) >= 11 is 5.80. The van der Waals surface area contributed by atoms with Crippen LogP contribution in [0.1, 0.15) is 11.6 Å². The van der Waals surface area contributed by atoms with Crippen LogP contribution in [-0.4, -0.2) is 41.7 Å². The van der Waals surface area contributed by atoms with E-state index in [2.05, 4.69) is 15.3 Å². The van der Waals surface area contributed by atoms with Crippen molar-refractivity contribution in [3.8, 4) is 0 Å². The van der Waals surface area contributed by atoms with Crippen LogP contribution in [0.5, 0.6) is 0 Å². The summed E-state index contributed by atoms with van der Waals surface area (Å²) < 4.78 is 32.2. The molecule has 2 unspecified atom stereocenters. The van der Waals surface area contributed by atoms with Crippen LogP contribution in [-0.2, 0) is 19.9 Å². The molecule has 10 nitrogen and oxygen atoms in total. The molecule has 0 aromatic heterocycles. The molecule has 0 saturated carbocycles. The first-order chi connectivity index (χ1) is 10.7. The van der Waals surface area contributed by atoms with Crippen LogP contribution in [0.4, 0.5) is 0 Å². The number of amides is 2. The molecular weight excluding hydrogens is 373 g/mol. The SMILES string of the molecule is [N-]=[N+]=NC(C(=O)NC1CN(S(=O)(=O)[O-])C1=O)c1cccc(Cl)c1.[Na+]. The fourth-order valence-electron chi connectivity index (χ4n) is 1.95. The molecule has 2 amide bonds. The molecule has 122 valence electrons. The largest absolute Gasteiger partial charge is 1.00 e. The van der Waals surface area contributed by atoms with Gasteiger partial charge in [-0.15, -0.1) is 0 Å². The van der Waals surface area contributed by atoms with Crippen LogP contribution >= 0.6 is 11.6 Å². The van der Waals surface area contributed by atoms with Crippen molar-refractivity contribution in [3.05, 3.63) is 45.3 Å². The minimum absolute atomic E-state index is 0. The predicted molar refractivity (Wildman–Crippen MR) is 76.7 cm³/mol.